The Hall–Kier alpha value is -1.25. The molecular formula is C55H109N2O7P. The number of hydrogen-bond donors (Lipinski definition) is 1. The van der Waals surface area contributed by atoms with Gasteiger partial charge in [0.1, 0.15) is 19.3 Å². The molecule has 3 unspecified atom stereocenters. The van der Waals surface area contributed by atoms with Crippen LogP contribution in [0.15, 0.2) is 12.2 Å². The molecule has 0 bridgehead atoms. The maximum atomic E-state index is 13.4. The molecule has 1 amide bonds. The van der Waals surface area contributed by atoms with Crippen LogP contribution in [0.3, 0.4) is 0 Å². The molecule has 0 saturated heterocycles. The second-order valence-electron chi connectivity index (χ2n) is 20.5. The second kappa shape index (κ2) is 46.5. The predicted molar refractivity (Wildman–Crippen MR) is 275 cm³/mol. The number of phosphoric acid groups is 1. The zero-order valence-corrected chi connectivity index (χ0v) is 44.9. The highest BCUT2D eigenvalue weighted by atomic mass is 31.2. The molecule has 0 aromatic heterocycles. The number of carbonyl (C=O) groups is 2. The minimum absolute atomic E-state index is 0.0171. The zero-order chi connectivity index (χ0) is 48.0. The van der Waals surface area contributed by atoms with Gasteiger partial charge in [-0.15, -0.1) is 0 Å². The Morgan fingerprint density at radius 2 is 0.877 bits per heavy atom. The van der Waals surface area contributed by atoms with Gasteiger partial charge < -0.3 is 28.5 Å². The van der Waals surface area contributed by atoms with Crippen molar-refractivity contribution < 1.29 is 37.3 Å². The number of allylic oxidation sites excluding steroid dienone is 1. The Kier molecular flexibility index (Phi) is 45.6. The van der Waals surface area contributed by atoms with Crippen LogP contribution < -0.4 is 10.2 Å². The molecule has 0 fully saturated rings. The Bertz CT molecular complexity index is 1130. The number of likely N-dealkylation sites (N-methyl/N-ethyl adjacent to an activating group) is 1. The van der Waals surface area contributed by atoms with Crippen LogP contribution in [0.5, 0.6) is 0 Å². The van der Waals surface area contributed by atoms with Gasteiger partial charge >= 0.3 is 5.97 Å². The first-order valence-corrected chi connectivity index (χ1v) is 29.5. The van der Waals surface area contributed by atoms with Crippen molar-refractivity contribution in [2.45, 2.75) is 290 Å². The molecule has 0 radical (unpaired) electrons. The van der Waals surface area contributed by atoms with Gasteiger partial charge in [-0.05, 0) is 31.8 Å². The second-order valence-corrected chi connectivity index (χ2v) is 21.9. The van der Waals surface area contributed by atoms with E-state index in [1.807, 2.05) is 33.3 Å². The van der Waals surface area contributed by atoms with Gasteiger partial charge in [0.15, 0.2) is 0 Å². The number of ether oxygens (including phenoxy) is 1. The molecular weight excluding hydrogens is 832 g/mol. The minimum atomic E-state index is -4.68. The van der Waals surface area contributed by atoms with Crippen LogP contribution in [0, 0.1) is 0 Å². The summed E-state index contributed by atoms with van der Waals surface area (Å²) in [4.78, 5) is 39.7. The van der Waals surface area contributed by atoms with Crippen LogP contribution in [0.2, 0.25) is 0 Å². The third-order valence-electron chi connectivity index (χ3n) is 12.7. The molecule has 0 aromatic carbocycles. The summed E-state index contributed by atoms with van der Waals surface area (Å²) in [5.74, 6) is -0.526. The lowest BCUT2D eigenvalue weighted by Crippen LogP contribution is -2.47. The van der Waals surface area contributed by atoms with E-state index in [2.05, 4.69) is 26.1 Å². The van der Waals surface area contributed by atoms with Crippen LogP contribution in [-0.2, 0) is 27.9 Å². The van der Waals surface area contributed by atoms with Crippen molar-refractivity contribution in [2.75, 3.05) is 40.9 Å². The fourth-order valence-corrected chi connectivity index (χ4v) is 9.07. The lowest BCUT2D eigenvalue weighted by molar-refractivity contribution is -0.870. The lowest BCUT2D eigenvalue weighted by Gasteiger charge is -2.30. The zero-order valence-electron chi connectivity index (χ0n) is 44.0. The van der Waals surface area contributed by atoms with E-state index in [4.69, 9.17) is 13.8 Å². The quantitative estimate of drug-likeness (QED) is 0.0212. The summed E-state index contributed by atoms with van der Waals surface area (Å²) >= 11 is 0. The van der Waals surface area contributed by atoms with Crippen molar-refractivity contribution >= 4 is 19.7 Å². The van der Waals surface area contributed by atoms with Gasteiger partial charge in [-0.25, -0.2) is 0 Å². The third-order valence-corrected chi connectivity index (χ3v) is 13.7. The molecule has 0 saturated carbocycles. The average molecular weight is 941 g/mol. The Labute approximate surface area is 403 Å². The van der Waals surface area contributed by atoms with E-state index in [0.717, 1.165) is 57.8 Å². The summed E-state index contributed by atoms with van der Waals surface area (Å²) in [6.07, 6.45) is 50.2. The van der Waals surface area contributed by atoms with E-state index in [-0.39, 0.29) is 31.5 Å². The number of nitrogens with zero attached hydrogens (tertiary/aromatic N) is 1. The number of unbranched alkanes of at least 4 members (excludes halogenated alkanes) is 35. The number of hydrogen-bond acceptors (Lipinski definition) is 7. The van der Waals surface area contributed by atoms with Crippen molar-refractivity contribution in [3.05, 3.63) is 12.2 Å². The van der Waals surface area contributed by atoms with Crippen molar-refractivity contribution in [1.29, 1.82) is 0 Å². The fraction of sp³-hybridized carbons (Fsp3) is 0.927. The highest BCUT2D eigenvalue weighted by molar-refractivity contribution is 7.45. The predicted octanol–water partition coefficient (Wildman–Crippen LogP) is 15.8. The highest BCUT2D eigenvalue weighted by Crippen LogP contribution is 2.38. The third kappa shape index (κ3) is 47.6. The normalized spacial score (nSPS) is 13.9. The van der Waals surface area contributed by atoms with E-state index in [1.165, 1.54) is 186 Å². The Morgan fingerprint density at radius 3 is 1.26 bits per heavy atom. The molecule has 10 heteroatoms. The summed E-state index contributed by atoms with van der Waals surface area (Å²) in [6.45, 7) is 6.86. The van der Waals surface area contributed by atoms with Gasteiger partial charge in [-0.1, -0.05) is 245 Å². The molecule has 9 nitrogen and oxygen atoms in total. The summed E-state index contributed by atoms with van der Waals surface area (Å²) in [5.41, 5.74) is 0. The average Bonchev–Trinajstić information content (AvgIpc) is 3.26. The molecule has 0 aromatic rings. The number of quaternary nitrogens is 1. The largest absolute Gasteiger partial charge is 0.756 e. The summed E-state index contributed by atoms with van der Waals surface area (Å²) in [5, 5.41) is 3.02. The summed E-state index contributed by atoms with van der Waals surface area (Å²) in [7, 11) is 1.20. The van der Waals surface area contributed by atoms with Crippen molar-refractivity contribution in [3.8, 4) is 0 Å². The Morgan fingerprint density at radius 1 is 0.523 bits per heavy atom. The molecule has 1 N–H and O–H groups in total. The number of phosphoric ester groups is 1. The van der Waals surface area contributed by atoms with Crippen LogP contribution in [-0.4, -0.2) is 69.4 Å². The van der Waals surface area contributed by atoms with Crippen LogP contribution in [0.25, 0.3) is 0 Å². The van der Waals surface area contributed by atoms with Crippen molar-refractivity contribution in [1.82, 2.24) is 5.32 Å². The van der Waals surface area contributed by atoms with E-state index >= 15 is 0 Å². The van der Waals surface area contributed by atoms with E-state index in [9.17, 15) is 19.0 Å². The number of amides is 1. The van der Waals surface area contributed by atoms with E-state index in [0.29, 0.717) is 17.4 Å². The van der Waals surface area contributed by atoms with Crippen molar-refractivity contribution in [2.24, 2.45) is 0 Å². The molecule has 65 heavy (non-hydrogen) atoms. The van der Waals surface area contributed by atoms with Gasteiger partial charge in [0, 0.05) is 12.8 Å². The standard InChI is InChI=1S/C55H109N2O7P/c1-7-10-13-16-19-22-25-28-31-34-37-40-43-46-53(64-55(59)48-45-42-39-36-33-30-27-24-21-18-15-12-9-3)52(51-63-65(60,61)62-50-49-57(4,5)6)56-54(58)47-44-41-38-35-32-29-26-23-20-17-14-11-8-2/h43,46,52-53H,7-42,44-45,47-51H2,1-6H3,(H-,56,58,60,61)/b46-43+. The Balaban J connectivity index is 5.37. The SMILES string of the molecule is CCCCCCCCCCCCC/C=C/C(OC(=O)CCCCCCCCCCCCCCC)C(COP(=O)([O-])OCC[N+](C)(C)C)NC(=O)CCCCCCCCCCCCCCC. The van der Waals surface area contributed by atoms with Gasteiger partial charge in [-0.3, -0.25) is 14.2 Å². The number of nitrogens with one attached hydrogen (secondary N) is 1. The molecule has 3 atom stereocenters. The number of esters is 1. The summed E-state index contributed by atoms with van der Waals surface area (Å²) in [6, 6.07) is -0.877. The number of carbonyl (C=O) groups excluding carboxylic acids is 2. The fourth-order valence-electron chi connectivity index (χ4n) is 8.35. The molecule has 0 spiro atoms. The maximum Gasteiger partial charge on any atom is 0.306 e. The molecule has 0 aliphatic carbocycles. The first-order valence-electron chi connectivity index (χ1n) is 28.0. The summed E-state index contributed by atoms with van der Waals surface area (Å²) < 4.78 is 30.2. The van der Waals surface area contributed by atoms with E-state index in [1.54, 1.807) is 0 Å². The molecule has 0 aliphatic heterocycles. The molecule has 0 aliphatic rings. The lowest BCUT2D eigenvalue weighted by atomic mass is 10.0. The minimum Gasteiger partial charge on any atom is -0.756 e. The molecule has 0 heterocycles. The van der Waals surface area contributed by atoms with E-state index < -0.39 is 20.0 Å². The first-order chi connectivity index (χ1) is 31.4. The van der Waals surface area contributed by atoms with Crippen molar-refractivity contribution in [3.63, 3.8) is 0 Å². The first kappa shape index (κ1) is 63.8. The van der Waals surface area contributed by atoms with Crippen LogP contribution >= 0.6 is 7.82 Å². The van der Waals surface area contributed by atoms with Gasteiger partial charge in [0.2, 0.25) is 5.91 Å². The maximum absolute atomic E-state index is 13.4. The smallest absolute Gasteiger partial charge is 0.306 e. The molecule has 386 valence electrons. The van der Waals surface area contributed by atoms with Crippen LogP contribution in [0.4, 0.5) is 0 Å². The topological polar surface area (TPSA) is 114 Å². The monoisotopic (exact) mass is 941 g/mol. The van der Waals surface area contributed by atoms with Crippen LogP contribution in [0.1, 0.15) is 278 Å². The van der Waals surface area contributed by atoms with Gasteiger partial charge in [-0.2, -0.15) is 0 Å². The highest BCUT2D eigenvalue weighted by Gasteiger charge is 2.27. The van der Waals surface area contributed by atoms with Gasteiger partial charge in [0.25, 0.3) is 7.82 Å². The number of rotatable bonds is 51. The van der Waals surface area contributed by atoms with Gasteiger partial charge in [0.05, 0.1) is 33.8 Å². The molecule has 0 rings (SSSR count).